The van der Waals surface area contributed by atoms with Crippen molar-refractivity contribution in [3.63, 3.8) is 0 Å². The summed E-state index contributed by atoms with van der Waals surface area (Å²) in [6, 6.07) is 3.31. The van der Waals surface area contributed by atoms with Gasteiger partial charge in [0.25, 0.3) is 0 Å². The van der Waals surface area contributed by atoms with Crippen LogP contribution in [0.3, 0.4) is 0 Å². The minimum atomic E-state index is -4.53. The summed E-state index contributed by atoms with van der Waals surface area (Å²) in [7, 11) is 0. The molecule has 0 heterocycles. The number of esters is 1. The summed E-state index contributed by atoms with van der Waals surface area (Å²) in [5.41, 5.74) is 0.301. The first kappa shape index (κ1) is 15.3. The molecular weight excluding hydrogens is 268 g/mol. The normalized spacial score (nSPS) is 11.2. The number of carbonyl (C=O) groups is 1. The van der Waals surface area contributed by atoms with Crippen LogP contribution in [0.1, 0.15) is 12.5 Å². The third-order valence-electron chi connectivity index (χ3n) is 2.04. The molecule has 0 saturated carbocycles. The van der Waals surface area contributed by atoms with Gasteiger partial charge < -0.3 is 9.47 Å². The molecule has 19 heavy (non-hydrogen) atoms. The highest BCUT2D eigenvalue weighted by molar-refractivity contribution is 5.72. The van der Waals surface area contributed by atoms with Crippen molar-refractivity contribution in [2.75, 3.05) is 13.2 Å². The molecular formula is C12H12F4O3. The topological polar surface area (TPSA) is 35.5 Å². The predicted molar refractivity (Wildman–Crippen MR) is 58.3 cm³/mol. The molecule has 0 unspecified atom stereocenters. The number of hydrogen-bond donors (Lipinski definition) is 0. The molecule has 0 aromatic heterocycles. The quantitative estimate of drug-likeness (QED) is 0.614. The number of carbonyl (C=O) groups excluding carboxylic acids is 1. The van der Waals surface area contributed by atoms with Gasteiger partial charge in [0.15, 0.2) is 18.2 Å². The molecule has 0 saturated heterocycles. The number of hydrogen-bond acceptors (Lipinski definition) is 3. The van der Waals surface area contributed by atoms with Crippen LogP contribution >= 0.6 is 0 Å². The lowest BCUT2D eigenvalue weighted by Crippen LogP contribution is -2.19. The van der Waals surface area contributed by atoms with Gasteiger partial charge in [-0.05, 0) is 24.6 Å². The molecule has 0 aliphatic heterocycles. The predicted octanol–water partition coefficient (Wildman–Crippen LogP) is 2.87. The van der Waals surface area contributed by atoms with Gasteiger partial charge in [0.2, 0.25) is 0 Å². The van der Waals surface area contributed by atoms with E-state index in [1.807, 2.05) is 0 Å². The first-order valence-electron chi connectivity index (χ1n) is 5.45. The van der Waals surface area contributed by atoms with Gasteiger partial charge >= 0.3 is 12.1 Å². The molecule has 0 N–H and O–H groups in total. The Balaban J connectivity index is 2.66. The van der Waals surface area contributed by atoms with Gasteiger partial charge in [-0.15, -0.1) is 0 Å². The van der Waals surface area contributed by atoms with Crippen molar-refractivity contribution in [1.82, 2.24) is 0 Å². The molecule has 1 aromatic rings. The van der Waals surface area contributed by atoms with Crippen molar-refractivity contribution < 1.29 is 31.8 Å². The fourth-order valence-corrected chi connectivity index (χ4v) is 1.31. The second-order valence-corrected chi connectivity index (χ2v) is 3.65. The zero-order valence-electron chi connectivity index (χ0n) is 10.1. The van der Waals surface area contributed by atoms with Crippen molar-refractivity contribution in [3.8, 4) is 5.75 Å². The van der Waals surface area contributed by atoms with E-state index in [4.69, 9.17) is 0 Å². The van der Waals surface area contributed by atoms with E-state index in [2.05, 4.69) is 9.47 Å². The molecule has 3 nitrogen and oxygen atoms in total. The molecule has 0 aliphatic rings. The van der Waals surface area contributed by atoms with Crippen LogP contribution in [0.25, 0.3) is 0 Å². The van der Waals surface area contributed by atoms with Gasteiger partial charge in [0, 0.05) is 0 Å². The van der Waals surface area contributed by atoms with E-state index in [1.54, 1.807) is 6.92 Å². The molecule has 106 valence electrons. The Kier molecular flexibility index (Phi) is 5.14. The van der Waals surface area contributed by atoms with E-state index in [0.717, 1.165) is 12.1 Å². The summed E-state index contributed by atoms with van der Waals surface area (Å²) in [4.78, 5) is 11.1. The van der Waals surface area contributed by atoms with Crippen molar-refractivity contribution >= 4 is 5.97 Å². The molecule has 0 radical (unpaired) electrons. The van der Waals surface area contributed by atoms with E-state index in [1.165, 1.54) is 6.07 Å². The van der Waals surface area contributed by atoms with E-state index >= 15 is 0 Å². The molecule has 0 amide bonds. The maximum atomic E-state index is 13.4. The summed E-state index contributed by atoms with van der Waals surface area (Å²) in [5.74, 6) is -2.00. The Bertz CT molecular complexity index is 443. The molecule has 0 fully saturated rings. The number of rotatable bonds is 5. The van der Waals surface area contributed by atoms with E-state index in [9.17, 15) is 22.4 Å². The summed E-state index contributed by atoms with van der Waals surface area (Å²) in [5, 5.41) is 0. The van der Waals surface area contributed by atoms with Crippen LogP contribution in [-0.2, 0) is 16.0 Å². The molecule has 0 spiro atoms. The number of ether oxygens (including phenoxy) is 2. The Morgan fingerprint density at radius 3 is 2.53 bits per heavy atom. The summed E-state index contributed by atoms with van der Waals surface area (Å²) in [6.45, 7) is 0.266. The van der Waals surface area contributed by atoms with Gasteiger partial charge in [-0.3, -0.25) is 4.79 Å². The Labute approximate surface area is 107 Å². The molecule has 1 aromatic carbocycles. The highest BCUT2D eigenvalue weighted by Crippen LogP contribution is 2.22. The average Bonchev–Trinajstić information content (AvgIpc) is 2.26. The SMILES string of the molecule is CCOC(=O)Cc1ccc(OCC(F)(F)F)c(F)c1. The van der Waals surface area contributed by atoms with Gasteiger partial charge in [-0.25, -0.2) is 4.39 Å². The highest BCUT2D eigenvalue weighted by Gasteiger charge is 2.28. The molecule has 7 heteroatoms. The molecule has 0 aliphatic carbocycles. The Morgan fingerprint density at radius 2 is 2.00 bits per heavy atom. The Morgan fingerprint density at radius 1 is 1.32 bits per heavy atom. The minimum absolute atomic E-state index is 0.149. The van der Waals surface area contributed by atoms with Crippen LogP contribution in [-0.4, -0.2) is 25.4 Å². The third kappa shape index (κ3) is 5.58. The maximum absolute atomic E-state index is 13.4. The second-order valence-electron chi connectivity index (χ2n) is 3.65. The fraction of sp³-hybridized carbons (Fsp3) is 0.417. The van der Waals surface area contributed by atoms with Crippen LogP contribution in [0, 0.1) is 5.82 Å². The van der Waals surface area contributed by atoms with E-state index in [-0.39, 0.29) is 13.0 Å². The molecule has 1 rings (SSSR count). The van der Waals surface area contributed by atoms with Crippen molar-refractivity contribution in [2.24, 2.45) is 0 Å². The number of benzene rings is 1. The summed E-state index contributed by atoms with van der Waals surface area (Å²) in [6.07, 6.45) is -4.68. The first-order chi connectivity index (χ1) is 8.81. The second kappa shape index (κ2) is 6.40. The third-order valence-corrected chi connectivity index (χ3v) is 2.04. The van der Waals surface area contributed by atoms with Crippen molar-refractivity contribution in [1.29, 1.82) is 0 Å². The Hall–Kier alpha value is -1.79. The average molecular weight is 280 g/mol. The van der Waals surface area contributed by atoms with Gasteiger partial charge in [0.05, 0.1) is 13.0 Å². The van der Waals surface area contributed by atoms with Crippen LogP contribution < -0.4 is 4.74 Å². The minimum Gasteiger partial charge on any atom is -0.481 e. The van der Waals surface area contributed by atoms with Crippen LogP contribution in [0.4, 0.5) is 17.6 Å². The van der Waals surface area contributed by atoms with Gasteiger partial charge in [-0.2, -0.15) is 13.2 Å². The van der Waals surface area contributed by atoms with Crippen molar-refractivity contribution in [3.05, 3.63) is 29.6 Å². The van der Waals surface area contributed by atoms with E-state index in [0.29, 0.717) is 5.56 Å². The zero-order valence-corrected chi connectivity index (χ0v) is 10.1. The standard InChI is InChI=1S/C12H12F4O3/c1-2-18-11(17)6-8-3-4-10(9(13)5-8)19-7-12(14,15)16/h3-5H,2,6-7H2,1H3. The smallest absolute Gasteiger partial charge is 0.422 e. The lowest BCUT2D eigenvalue weighted by Gasteiger charge is -2.10. The zero-order chi connectivity index (χ0) is 14.5. The molecule has 0 bridgehead atoms. The largest absolute Gasteiger partial charge is 0.481 e. The maximum Gasteiger partial charge on any atom is 0.422 e. The van der Waals surface area contributed by atoms with Crippen LogP contribution in [0.5, 0.6) is 5.75 Å². The number of halogens is 4. The highest BCUT2D eigenvalue weighted by atomic mass is 19.4. The summed E-state index contributed by atoms with van der Waals surface area (Å²) >= 11 is 0. The fourth-order valence-electron chi connectivity index (χ4n) is 1.31. The van der Waals surface area contributed by atoms with Gasteiger partial charge in [0.1, 0.15) is 0 Å². The van der Waals surface area contributed by atoms with Gasteiger partial charge in [-0.1, -0.05) is 6.07 Å². The van der Waals surface area contributed by atoms with Crippen LogP contribution in [0.2, 0.25) is 0 Å². The lowest BCUT2D eigenvalue weighted by atomic mass is 10.1. The first-order valence-corrected chi connectivity index (χ1v) is 5.45. The summed E-state index contributed by atoms with van der Waals surface area (Å²) < 4.78 is 58.1. The van der Waals surface area contributed by atoms with Crippen molar-refractivity contribution in [2.45, 2.75) is 19.5 Å². The van der Waals surface area contributed by atoms with Crippen LogP contribution in [0.15, 0.2) is 18.2 Å². The lowest BCUT2D eigenvalue weighted by molar-refractivity contribution is -0.153. The molecule has 0 atom stereocenters. The number of alkyl halides is 3. The monoisotopic (exact) mass is 280 g/mol. The van der Waals surface area contributed by atoms with E-state index < -0.39 is 30.3 Å².